The minimum atomic E-state index is -1.88. The molecule has 0 radical (unpaired) electrons. The van der Waals surface area contributed by atoms with E-state index in [9.17, 15) is 78.6 Å². The highest BCUT2D eigenvalue weighted by atomic mass is 16.4. The van der Waals surface area contributed by atoms with E-state index in [1.54, 1.807) is 44.2 Å². The molecule has 0 unspecified atom stereocenters. The lowest BCUT2D eigenvalue weighted by atomic mass is 9.97. The van der Waals surface area contributed by atoms with Gasteiger partial charge in [0.2, 0.25) is 53.2 Å². The van der Waals surface area contributed by atoms with Crippen molar-refractivity contribution in [2.75, 3.05) is 26.4 Å². The zero-order valence-corrected chi connectivity index (χ0v) is 39.6. The molecule has 0 heterocycles. The monoisotopic (exact) mass is 998 g/mol. The SMILES string of the molecule is CC[C@H](C)[C@H](NC(=O)[C@H](CO)NC(=O)[C@@H](NC(=O)[C@H](Cc1ccccc1)NC(=O)[C@H](CCC(N)=O)NC(=O)[C@H](CO)NC(=O)[C@H](CCCCN)NC(=O)[C@@H](N)[C@@H](C)O)[C@@H](C)O)C(=O)N[C@@H](CO)C(=O)O. The van der Waals surface area contributed by atoms with E-state index >= 15 is 0 Å². The number of benzene rings is 1. The van der Waals surface area contributed by atoms with Gasteiger partial charge in [0.1, 0.15) is 54.4 Å². The van der Waals surface area contributed by atoms with Crippen molar-refractivity contribution in [2.24, 2.45) is 23.1 Å². The third-order valence-electron chi connectivity index (χ3n) is 10.9. The maximum Gasteiger partial charge on any atom is 0.328 e. The molecule has 0 aromatic heterocycles. The van der Waals surface area contributed by atoms with Crippen molar-refractivity contribution in [3.8, 4) is 0 Å². The normalized spacial score (nSPS) is 16.3. The van der Waals surface area contributed by atoms with E-state index in [4.69, 9.17) is 17.2 Å². The Kier molecular flexibility index (Phi) is 27.9. The number of nitrogens with two attached hydrogens (primary N) is 3. The van der Waals surface area contributed by atoms with Gasteiger partial charge in [-0.1, -0.05) is 50.6 Å². The minimum Gasteiger partial charge on any atom is -0.480 e. The zero-order chi connectivity index (χ0) is 53.2. The van der Waals surface area contributed by atoms with E-state index in [0.29, 0.717) is 18.4 Å². The summed E-state index contributed by atoms with van der Waals surface area (Å²) in [5.41, 5.74) is 17.1. The Hall–Kier alpha value is -6.36. The predicted octanol–water partition coefficient (Wildman–Crippen LogP) is -7.30. The molecule has 1 rings (SSSR count). The van der Waals surface area contributed by atoms with Gasteiger partial charge in [0.15, 0.2) is 0 Å². The van der Waals surface area contributed by atoms with Crippen LogP contribution < -0.4 is 59.7 Å². The molecule has 1 aromatic rings. The Labute approximate surface area is 404 Å². The molecule has 0 bridgehead atoms. The fourth-order valence-electron chi connectivity index (χ4n) is 6.39. The Morgan fingerprint density at radius 2 is 0.971 bits per heavy atom. The molecule has 0 aliphatic heterocycles. The molecule has 27 heteroatoms. The van der Waals surface area contributed by atoms with E-state index in [1.165, 1.54) is 6.92 Å². The van der Waals surface area contributed by atoms with Crippen LogP contribution in [-0.2, 0) is 54.4 Å². The van der Waals surface area contributed by atoms with Crippen LogP contribution in [0.2, 0.25) is 0 Å². The third kappa shape index (κ3) is 21.1. The fraction of sp³-hybridized carbons (Fsp3) is 0.628. The average Bonchev–Trinajstić information content (AvgIpc) is 3.31. The van der Waals surface area contributed by atoms with E-state index in [0.717, 1.165) is 6.92 Å². The number of aliphatic hydroxyl groups is 5. The van der Waals surface area contributed by atoms with Gasteiger partial charge in [-0.2, -0.15) is 0 Å². The summed E-state index contributed by atoms with van der Waals surface area (Å²) in [5.74, 6) is -11.7. The molecule has 0 saturated heterocycles. The van der Waals surface area contributed by atoms with Crippen LogP contribution in [0.3, 0.4) is 0 Å². The van der Waals surface area contributed by atoms with Gasteiger partial charge in [-0.3, -0.25) is 43.2 Å². The number of unbranched alkanes of at least 4 members (excludes halogenated alkanes) is 1. The van der Waals surface area contributed by atoms with Gasteiger partial charge in [0.05, 0.1) is 32.0 Å². The van der Waals surface area contributed by atoms with Crippen molar-refractivity contribution in [2.45, 2.75) is 139 Å². The zero-order valence-electron chi connectivity index (χ0n) is 39.6. The summed E-state index contributed by atoms with van der Waals surface area (Å²) in [6.07, 6.45) is -3.19. The Bertz CT molecular complexity index is 1910. The number of aliphatic hydroxyl groups excluding tert-OH is 5. The maximum absolute atomic E-state index is 14.0. The molecular formula is C43H71N11O16. The van der Waals surface area contributed by atoms with Crippen molar-refractivity contribution in [3.05, 3.63) is 35.9 Å². The van der Waals surface area contributed by atoms with Crippen LogP contribution >= 0.6 is 0 Å². The number of carboxylic acids is 1. The molecular weight excluding hydrogens is 927 g/mol. The lowest BCUT2D eigenvalue weighted by Gasteiger charge is -2.29. The van der Waals surface area contributed by atoms with Gasteiger partial charge in [0.25, 0.3) is 0 Å². The van der Waals surface area contributed by atoms with Crippen molar-refractivity contribution >= 4 is 59.1 Å². The van der Waals surface area contributed by atoms with Crippen LogP contribution in [0.5, 0.6) is 0 Å². The Morgan fingerprint density at radius 1 is 0.543 bits per heavy atom. The van der Waals surface area contributed by atoms with E-state index in [1.807, 2.05) is 0 Å². The first-order valence-corrected chi connectivity index (χ1v) is 22.6. The van der Waals surface area contributed by atoms with E-state index < -0.39 is 164 Å². The molecule has 27 nitrogen and oxygen atoms in total. The van der Waals surface area contributed by atoms with E-state index in [2.05, 4.69) is 42.5 Å². The second kappa shape index (κ2) is 31.7. The first-order chi connectivity index (χ1) is 33.0. The standard InChI is InChI=1S/C43H71N11O16/c1-5-21(2)33(41(67)52-30(20-57)43(69)70)53-39(65)29(19-56)51-42(68)34(23(4)59)54-37(63)27(17-24-11-7-6-8-12-24)49-36(62)26(14-15-31(45)60)47-38(64)28(18-55)50-35(61)25(13-9-10-16-44)48-40(66)32(46)22(3)58/h6-8,11-12,21-23,25-30,32-34,55-59H,5,9-10,13-20,44,46H2,1-4H3,(H2,45,60)(H,47,64)(H,48,66)(H,49,62)(H,50,61)(H,51,68)(H,52,67)(H,53,65)(H,54,63)(H,69,70)/t21-,22+,23+,25-,26-,27-,28-,29-,30-,32-,33-,34-/m0/s1. The number of aliphatic carboxylic acids is 1. The quantitative estimate of drug-likeness (QED) is 0.0291. The molecule has 1 aromatic carbocycles. The van der Waals surface area contributed by atoms with Gasteiger partial charge in [-0.25, -0.2) is 4.79 Å². The lowest BCUT2D eigenvalue weighted by molar-refractivity contribution is -0.144. The van der Waals surface area contributed by atoms with Crippen LogP contribution in [0.4, 0.5) is 0 Å². The minimum absolute atomic E-state index is 0.00797. The fourth-order valence-corrected chi connectivity index (χ4v) is 6.39. The van der Waals surface area contributed by atoms with Gasteiger partial charge >= 0.3 is 5.97 Å². The lowest BCUT2D eigenvalue weighted by Crippen LogP contribution is -2.63. The highest BCUT2D eigenvalue weighted by molar-refractivity contribution is 5.98. The van der Waals surface area contributed by atoms with Gasteiger partial charge in [-0.15, -0.1) is 0 Å². The number of carbonyl (C=O) groups excluding carboxylic acids is 9. The van der Waals surface area contributed by atoms with Gasteiger partial charge < -0.3 is 90.4 Å². The molecule has 0 spiro atoms. The molecule has 0 fully saturated rings. The third-order valence-corrected chi connectivity index (χ3v) is 10.9. The van der Waals surface area contributed by atoms with Crippen LogP contribution in [0.15, 0.2) is 30.3 Å². The smallest absolute Gasteiger partial charge is 0.328 e. The van der Waals surface area contributed by atoms with Crippen molar-refractivity contribution in [1.29, 1.82) is 0 Å². The number of hydrogen-bond donors (Lipinski definition) is 17. The highest BCUT2D eigenvalue weighted by Gasteiger charge is 2.37. The molecule has 20 N–H and O–H groups in total. The number of carbonyl (C=O) groups is 10. The van der Waals surface area contributed by atoms with Crippen molar-refractivity contribution in [3.63, 3.8) is 0 Å². The average molecular weight is 998 g/mol. The summed E-state index contributed by atoms with van der Waals surface area (Å²) < 4.78 is 0. The van der Waals surface area contributed by atoms with Gasteiger partial charge in [0, 0.05) is 12.8 Å². The number of amides is 9. The predicted molar refractivity (Wildman–Crippen MR) is 247 cm³/mol. The van der Waals surface area contributed by atoms with Crippen LogP contribution in [0.1, 0.15) is 71.8 Å². The first-order valence-electron chi connectivity index (χ1n) is 22.6. The summed E-state index contributed by atoms with van der Waals surface area (Å²) in [5, 5.41) is 77.7. The molecule has 0 aliphatic rings. The number of hydrogen-bond acceptors (Lipinski definition) is 17. The number of rotatable bonds is 33. The van der Waals surface area contributed by atoms with Crippen LogP contribution in [-0.4, -0.2) is 183 Å². The molecule has 0 saturated carbocycles. The van der Waals surface area contributed by atoms with Crippen LogP contribution in [0, 0.1) is 5.92 Å². The second-order valence-electron chi connectivity index (χ2n) is 16.6. The molecule has 9 amide bonds. The summed E-state index contributed by atoms with van der Waals surface area (Å²) in [6.45, 7) is 2.73. The van der Waals surface area contributed by atoms with Crippen molar-refractivity contribution < 1.29 is 78.6 Å². The number of primary amides is 1. The first kappa shape index (κ1) is 61.7. The summed E-state index contributed by atoms with van der Waals surface area (Å²) in [6, 6.07) is -6.57. The molecule has 70 heavy (non-hydrogen) atoms. The van der Waals surface area contributed by atoms with Gasteiger partial charge in [-0.05, 0) is 57.6 Å². The summed E-state index contributed by atoms with van der Waals surface area (Å²) >= 11 is 0. The maximum atomic E-state index is 14.0. The number of nitrogens with one attached hydrogen (secondary N) is 8. The molecule has 0 aliphatic carbocycles. The highest BCUT2D eigenvalue weighted by Crippen LogP contribution is 2.11. The van der Waals surface area contributed by atoms with Crippen molar-refractivity contribution in [1.82, 2.24) is 42.5 Å². The van der Waals surface area contributed by atoms with E-state index in [-0.39, 0.29) is 25.8 Å². The second-order valence-corrected chi connectivity index (χ2v) is 16.6. The summed E-state index contributed by atoms with van der Waals surface area (Å²) in [7, 11) is 0. The largest absolute Gasteiger partial charge is 0.480 e. The Balaban J connectivity index is 3.44. The topological polar surface area (TPSA) is 466 Å². The van der Waals surface area contributed by atoms with Crippen LogP contribution in [0.25, 0.3) is 0 Å². The Morgan fingerprint density at radius 3 is 1.46 bits per heavy atom. The summed E-state index contributed by atoms with van der Waals surface area (Å²) in [4.78, 5) is 131. The molecule has 394 valence electrons. The number of carboxylic acid groups (broad SMARTS) is 1. The molecule has 12 atom stereocenters.